The quantitative estimate of drug-likeness (QED) is 0.920. The van der Waals surface area contributed by atoms with Gasteiger partial charge in [0.05, 0.1) is 16.9 Å². The number of nitrogens with zero attached hydrogens (tertiary/aromatic N) is 2. The molecule has 3 rings (SSSR count). The highest BCUT2D eigenvalue weighted by Crippen LogP contribution is 2.38. The van der Waals surface area contributed by atoms with Gasteiger partial charge < -0.3 is 14.8 Å². The van der Waals surface area contributed by atoms with Gasteiger partial charge in [-0.3, -0.25) is 4.68 Å². The Balaban J connectivity index is 1.69. The molecule has 1 aliphatic rings. The first kappa shape index (κ1) is 14.1. The van der Waals surface area contributed by atoms with Gasteiger partial charge in [-0.05, 0) is 6.42 Å². The Morgan fingerprint density at radius 3 is 2.81 bits per heavy atom. The van der Waals surface area contributed by atoms with Gasteiger partial charge in [-0.15, -0.1) is 0 Å². The van der Waals surface area contributed by atoms with E-state index in [1.54, 1.807) is 6.07 Å². The van der Waals surface area contributed by atoms with Gasteiger partial charge in [-0.25, -0.2) is 0 Å². The zero-order chi connectivity index (χ0) is 14.7. The van der Waals surface area contributed by atoms with Gasteiger partial charge in [0.25, 0.3) is 0 Å². The normalized spacial score (nSPS) is 13.2. The third-order valence-electron chi connectivity index (χ3n) is 3.25. The van der Waals surface area contributed by atoms with E-state index in [-0.39, 0.29) is 0 Å². The van der Waals surface area contributed by atoms with Crippen LogP contribution in [-0.2, 0) is 13.1 Å². The summed E-state index contributed by atoms with van der Waals surface area (Å²) in [4.78, 5) is 0. The molecule has 21 heavy (non-hydrogen) atoms. The van der Waals surface area contributed by atoms with Crippen molar-refractivity contribution in [3.63, 3.8) is 0 Å². The number of nitrogens with one attached hydrogen (secondary N) is 1. The minimum Gasteiger partial charge on any atom is -0.486 e. The third kappa shape index (κ3) is 3.24. The van der Waals surface area contributed by atoms with Crippen LogP contribution in [0.3, 0.4) is 0 Å². The van der Waals surface area contributed by atoms with Crippen LogP contribution in [0.15, 0.2) is 24.5 Å². The van der Waals surface area contributed by atoms with E-state index in [2.05, 4.69) is 17.3 Å². The molecule has 1 N–H and O–H groups in total. The molecule has 0 fully saturated rings. The number of aryl methyl sites for hydroxylation is 1. The SMILES string of the molecule is CCCn1cc(CNc2cc3c(cc2Cl)OCCO3)cn1. The predicted octanol–water partition coefficient (Wildman–Crippen LogP) is 3.33. The fourth-order valence-electron chi connectivity index (χ4n) is 2.25. The second kappa shape index (κ2) is 6.26. The van der Waals surface area contributed by atoms with Crippen LogP contribution >= 0.6 is 11.6 Å². The molecule has 0 spiro atoms. The smallest absolute Gasteiger partial charge is 0.163 e. The summed E-state index contributed by atoms with van der Waals surface area (Å²) in [5.41, 5.74) is 1.96. The van der Waals surface area contributed by atoms with E-state index in [1.165, 1.54) is 0 Å². The van der Waals surface area contributed by atoms with Gasteiger partial charge in [-0.1, -0.05) is 18.5 Å². The number of fused-ring (bicyclic) bond motifs is 1. The number of hydrogen-bond donors (Lipinski definition) is 1. The lowest BCUT2D eigenvalue weighted by molar-refractivity contribution is 0.171. The fourth-order valence-corrected chi connectivity index (χ4v) is 2.47. The molecule has 0 saturated heterocycles. The lowest BCUT2D eigenvalue weighted by Gasteiger charge is -2.20. The highest BCUT2D eigenvalue weighted by atomic mass is 35.5. The summed E-state index contributed by atoms with van der Waals surface area (Å²) in [5.74, 6) is 1.43. The van der Waals surface area contributed by atoms with Crippen molar-refractivity contribution >= 4 is 17.3 Å². The zero-order valence-corrected chi connectivity index (χ0v) is 12.7. The topological polar surface area (TPSA) is 48.3 Å². The highest BCUT2D eigenvalue weighted by Gasteiger charge is 2.15. The Morgan fingerprint density at radius 2 is 2.05 bits per heavy atom. The van der Waals surface area contributed by atoms with Gasteiger partial charge in [0.2, 0.25) is 0 Å². The van der Waals surface area contributed by atoms with Gasteiger partial charge >= 0.3 is 0 Å². The number of anilines is 1. The Morgan fingerprint density at radius 1 is 1.29 bits per heavy atom. The summed E-state index contributed by atoms with van der Waals surface area (Å²) in [5, 5.41) is 8.25. The highest BCUT2D eigenvalue weighted by molar-refractivity contribution is 6.33. The van der Waals surface area contributed by atoms with Gasteiger partial charge in [0, 0.05) is 37.0 Å². The van der Waals surface area contributed by atoms with Crippen LogP contribution in [0.25, 0.3) is 0 Å². The van der Waals surface area contributed by atoms with Gasteiger partial charge in [-0.2, -0.15) is 5.10 Å². The van der Waals surface area contributed by atoms with Crippen LogP contribution in [0.1, 0.15) is 18.9 Å². The summed E-state index contributed by atoms with van der Waals surface area (Å²) in [6, 6.07) is 3.67. The maximum absolute atomic E-state index is 6.26. The largest absolute Gasteiger partial charge is 0.486 e. The Bertz CT molecular complexity index is 627. The maximum atomic E-state index is 6.26. The van der Waals surface area contributed by atoms with Crippen molar-refractivity contribution in [3.8, 4) is 11.5 Å². The number of hydrogen-bond acceptors (Lipinski definition) is 4. The average Bonchev–Trinajstić information content (AvgIpc) is 2.93. The minimum absolute atomic E-state index is 0.562. The van der Waals surface area contributed by atoms with Crippen molar-refractivity contribution in [1.82, 2.24) is 9.78 Å². The fraction of sp³-hybridized carbons (Fsp3) is 0.400. The standard InChI is InChI=1S/C15H18ClN3O2/c1-2-3-19-10-11(9-18-19)8-17-13-7-15-14(6-12(13)16)20-4-5-21-15/h6-7,9-10,17H,2-5,8H2,1H3. The van der Waals surface area contributed by atoms with Crippen molar-refractivity contribution in [2.45, 2.75) is 26.4 Å². The Hall–Kier alpha value is -1.88. The van der Waals surface area contributed by atoms with Crippen molar-refractivity contribution in [3.05, 3.63) is 35.1 Å². The third-order valence-corrected chi connectivity index (χ3v) is 3.57. The molecular weight excluding hydrogens is 290 g/mol. The van der Waals surface area contributed by atoms with Crippen LogP contribution in [0, 0.1) is 0 Å². The van der Waals surface area contributed by atoms with Crippen LogP contribution in [0.2, 0.25) is 5.02 Å². The van der Waals surface area contributed by atoms with Crippen LogP contribution in [0.5, 0.6) is 11.5 Å². The Kier molecular flexibility index (Phi) is 4.20. The van der Waals surface area contributed by atoms with Crippen LogP contribution in [-0.4, -0.2) is 23.0 Å². The van der Waals surface area contributed by atoms with E-state index < -0.39 is 0 Å². The average molecular weight is 308 g/mol. The molecule has 1 aliphatic heterocycles. The summed E-state index contributed by atoms with van der Waals surface area (Å²) < 4.78 is 13.0. The molecule has 0 amide bonds. The molecule has 0 atom stereocenters. The predicted molar refractivity (Wildman–Crippen MR) is 82.3 cm³/mol. The van der Waals surface area contributed by atoms with Crippen LogP contribution < -0.4 is 14.8 Å². The molecular formula is C15H18ClN3O2. The molecule has 0 radical (unpaired) electrons. The molecule has 0 saturated carbocycles. The molecule has 0 bridgehead atoms. The molecule has 2 aromatic rings. The Labute approximate surface area is 128 Å². The van der Waals surface area contributed by atoms with E-state index in [0.717, 1.165) is 30.0 Å². The number of aromatic nitrogens is 2. The number of halogens is 1. The van der Waals surface area contributed by atoms with E-state index in [1.807, 2.05) is 23.1 Å². The molecule has 1 aromatic heterocycles. The first-order valence-corrected chi connectivity index (χ1v) is 7.48. The monoisotopic (exact) mass is 307 g/mol. The molecule has 0 aliphatic carbocycles. The second-order valence-electron chi connectivity index (χ2n) is 4.94. The van der Waals surface area contributed by atoms with E-state index in [4.69, 9.17) is 21.1 Å². The molecule has 112 valence electrons. The first-order chi connectivity index (χ1) is 10.3. The van der Waals surface area contributed by atoms with Crippen LogP contribution in [0.4, 0.5) is 5.69 Å². The van der Waals surface area contributed by atoms with Gasteiger partial charge in [0.1, 0.15) is 13.2 Å². The minimum atomic E-state index is 0.562. The van der Waals surface area contributed by atoms with Crippen molar-refractivity contribution in [2.24, 2.45) is 0 Å². The number of ether oxygens (including phenoxy) is 2. The molecule has 1 aromatic carbocycles. The van der Waals surface area contributed by atoms with Gasteiger partial charge in [0.15, 0.2) is 11.5 Å². The van der Waals surface area contributed by atoms with Crippen molar-refractivity contribution in [1.29, 1.82) is 0 Å². The van der Waals surface area contributed by atoms with Crippen molar-refractivity contribution in [2.75, 3.05) is 18.5 Å². The van der Waals surface area contributed by atoms with E-state index in [9.17, 15) is 0 Å². The van der Waals surface area contributed by atoms with Crippen molar-refractivity contribution < 1.29 is 9.47 Å². The summed E-state index contributed by atoms with van der Waals surface area (Å²) in [7, 11) is 0. The number of rotatable bonds is 5. The summed E-state index contributed by atoms with van der Waals surface area (Å²) in [6.45, 7) is 4.87. The lowest BCUT2D eigenvalue weighted by atomic mass is 10.2. The molecule has 5 nitrogen and oxygen atoms in total. The second-order valence-corrected chi connectivity index (χ2v) is 5.35. The molecule has 6 heteroatoms. The zero-order valence-electron chi connectivity index (χ0n) is 11.9. The lowest BCUT2D eigenvalue weighted by Crippen LogP contribution is -2.15. The number of benzene rings is 1. The molecule has 0 unspecified atom stereocenters. The summed E-state index contributed by atoms with van der Waals surface area (Å²) in [6.07, 6.45) is 4.99. The van der Waals surface area contributed by atoms with E-state index in [0.29, 0.717) is 30.5 Å². The van der Waals surface area contributed by atoms with E-state index >= 15 is 0 Å². The summed E-state index contributed by atoms with van der Waals surface area (Å²) >= 11 is 6.26. The first-order valence-electron chi connectivity index (χ1n) is 7.10. The molecule has 2 heterocycles. The maximum Gasteiger partial charge on any atom is 0.163 e.